The Morgan fingerprint density at radius 3 is 2.10 bits per heavy atom. The van der Waals surface area contributed by atoms with E-state index in [2.05, 4.69) is 0 Å². The van der Waals surface area contributed by atoms with Crippen LogP contribution >= 0.6 is 0 Å². The Bertz CT molecular complexity index is 805. The number of nitrogens with two attached hydrogens (primary N) is 1. The van der Waals surface area contributed by atoms with Crippen molar-refractivity contribution < 1.29 is 22.5 Å². The summed E-state index contributed by atoms with van der Waals surface area (Å²) in [6.07, 6.45) is 5.92. The lowest BCUT2D eigenvalue weighted by molar-refractivity contribution is -0.145. The highest BCUT2D eigenvalue weighted by molar-refractivity contribution is 7.85. The van der Waals surface area contributed by atoms with Gasteiger partial charge in [0.2, 0.25) is 0 Å². The number of hydrogen-bond donors (Lipinski definition) is 2. The summed E-state index contributed by atoms with van der Waals surface area (Å²) in [6.45, 7) is 2.99. The van der Waals surface area contributed by atoms with Gasteiger partial charge in [-0.2, -0.15) is 8.42 Å². The zero-order valence-corrected chi connectivity index (χ0v) is 17.7. The summed E-state index contributed by atoms with van der Waals surface area (Å²) in [5.41, 5.74) is 7.40. The minimum absolute atomic E-state index is 0.0666. The van der Waals surface area contributed by atoms with Crippen molar-refractivity contribution in [2.45, 2.75) is 57.0 Å². The van der Waals surface area contributed by atoms with E-state index in [4.69, 9.17) is 15.0 Å². The molecule has 0 fully saturated rings. The first-order valence-corrected chi connectivity index (χ1v) is 11.2. The predicted octanol–water partition coefficient (Wildman–Crippen LogP) is 4.27. The monoisotopic (exact) mass is 421 g/mol. The van der Waals surface area contributed by atoms with Crippen LogP contribution in [0.4, 0.5) is 0 Å². The summed E-state index contributed by atoms with van der Waals surface area (Å²) in [4.78, 5) is 11.4. The second-order valence-electron chi connectivity index (χ2n) is 6.74. The van der Waals surface area contributed by atoms with E-state index in [-0.39, 0.29) is 10.9 Å². The molecule has 2 aromatic carbocycles. The maximum atomic E-state index is 11.5. The fourth-order valence-corrected chi connectivity index (χ4v) is 2.94. The molecule has 0 aromatic heterocycles. The number of carbonyl (C=O) groups excluding carboxylic acids is 1. The van der Waals surface area contributed by atoms with Crippen molar-refractivity contribution in [3.8, 4) is 0 Å². The average Bonchev–Trinajstić information content (AvgIpc) is 2.70. The molecular weight excluding hydrogens is 390 g/mol. The molecule has 0 saturated heterocycles. The summed E-state index contributed by atoms with van der Waals surface area (Å²) in [7, 11) is -4.02. The Morgan fingerprint density at radius 1 is 0.931 bits per heavy atom. The Hall–Kier alpha value is -2.22. The molecule has 0 aliphatic rings. The van der Waals surface area contributed by atoms with Crippen molar-refractivity contribution in [3.63, 3.8) is 0 Å². The van der Waals surface area contributed by atoms with Crippen LogP contribution < -0.4 is 5.73 Å². The van der Waals surface area contributed by atoms with Crippen molar-refractivity contribution >= 4 is 16.1 Å². The van der Waals surface area contributed by atoms with Gasteiger partial charge in [-0.05, 0) is 44.0 Å². The molecule has 0 heterocycles. The fraction of sp³-hybridized carbons (Fsp3) is 0.409. The number of carbonyl (C=O) groups is 1. The maximum Gasteiger partial charge on any atom is 0.306 e. The predicted molar refractivity (Wildman–Crippen MR) is 114 cm³/mol. The van der Waals surface area contributed by atoms with Gasteiger partial charge in [-0.15, -0.1) is 0 Å². The number of unbranched alkanes of at least 4 members (excludes halogenated alkanes) is 4. The SMILES string of the molecule is Cc1ccc(S(=O)(=O)O)cc1.NCCCCCCCC(=O)OCc1ccccc1. The largest absolute Gasteiger partial charge is 0.461 e. The van der Waals surface area contributed by atoms with Gasteiger partial charge < -0.3 is 10.5 Å². The van der Waals surface area contributed by atoms with Crippen molar-refractivity contribution in [1.29, 1.82) is 0 Å². The number of esters is 1. The Labute approximate surface area is 173 Å². The van der Waals surface area contributed by atoms with E-state index in [1.807, 2.05) is 37.3 Å². The molecule has 0 aliphatic carbocycles. The lowest BCUT2D eigenvalue weighted by atomic mass is 10.1. The molecule has 2 rings (SSSR count). The van der Waals surface area contributed by atoms with Gasteiger partial charge in [-0.25, -0.2) is 0 Å². The van der Waals surface area contributed by atoms with Gasteiger partial charge in [0, 0.05) is 6.42 Å². The molecule has 6 nitrogen and oxygen atoms in total. The van der Waals surface area contributed by atoms with Gasteiger partial charge in [0.1, 0.15) is 6.61 Å². The van der Waals surface area contributed by atoms with E-state index < -0.39 is 10.1 Å². The van der Waals surface area contributed by atoms with E-state index in [1.54, 1.807) is 12.1 Å². The number of aryl methyl sites for hydroxylation is 1. The summed E-state index contributed by atoms with van der Waals surface area (Å²) in [5, 5.41) is 0. The second kappa shape index (κ2) is 13.9. The highest BCUT2D eigenvalue weighted by Crippen LogP contribution is 2.09. The van der Waals surface area contributed by atoms with E-state index >= 15 is 0 Å². The molecule has 160 valence electrons. The Kier molecular flexibility index (Phi) is 11.9. The van der Waals surface area contributed by atoms with Crippen LogP contribution in [0.15, 0.2) is 59.5 Å². The molecular formula is C22H31NO5S. The van der Waals surface area contributed by atoms with Crippen LogP contribution in [0, 0.1) is 6.92 Å². The molecule has 2 aromatic rings. The third kappa shape index (κ3) is 12.1. The average molecular weight is 422 g/mol. The summed E-state index contributed by atoms with van der Waals surface area (Å²) < 4.78 is 34.7. The fourth-order valence-electron chi connectivity index (χ4n) is 2.46. The van der Waals surface area contributed by atoms with Gasteiger partial charge in [0.25, 0.3) is 10.1 Å². The number of benzene rings is 2. The summed E-state index contributed by atoms with van der Waals surface area (Å²) in [5.74, 6) is -0.0994. The molecule has 0 radical (unpaired) electrons. The third-order valence-electron chi connectivity index (χ3n) is 4.15. The normalized spacial score (nSPS) is 10.7. The van der Waals surface area contributed by atoms with Gasteiger partial charge in [-0.3, -0.25) is 9.35 Å². The standard InChI is InChI=1S/C15H23NO2.C7H8O3S/c16-12-8-3-1-2-7-11-15(17)18-13-14-9-5-4-6-10-14;1-6-2-4-7(5-3-6)11(8,9)10/h4-6,9-10H,1-3,7-8,11-13,16H2;2-5H,1H3,(H,8,9,10). The number of hydrogen-bond acceptors (Lipinski definition) is 5. The molecule has 29 heavy (non-hydrogen) atoms. The quantitative estimate of drug-likeness (QED) is 0.337. The van der Waals surface area contributed by atoms with Crippen LogP contribution in [0.25, 0.3) is 0 Å². The molecule has 0 amide bonds. The van der Waals surface area contributed by atoms with Crippen molar-refractivity contribution in [2.24, 2.45) is 5.73 Å². The zero-order valence-electron chi connectivity index (χ0n) is 16.9. The van der Waals surface area contributed by atoms with Crippen LogP contribution in [0.2, 0.25) is 0 Å². The first-order valence-electron chi connectivity index (χ1n) is 9.76. The minimum atomic E-state index is -4.02. The van der Waals surface area contributed by atoms with Crippen molar-refractivity contribution in [1.82, 2.24) is 0 Å². The summed E-state index contributed by atoms with van der Waals surface area (Å²) in [6, 6.07) is 15.7. The van der Waals surface area contributed by atoms with Crippen LogP contribution in [-0.2, 0) is 26.3 Å². The van der Waals surface area contributed by atoms with E-state index in [0.717, 1.165) is 49.8 Å². The topological polar surface area (TPSA) is 107 Å². The molecule has 0 bridgehead atoms. The van der Waals surface area contributed by atoms with E-state index in [0.29, 0.717) is 13.0 Å². The molecule has 7 heteroatoms. The van der Waals surface area contributed by atoms with Gasteiger partial charge in [0.15, 0.2) is 0 Å². The number of ether oxygens (including phenoxy) is 1. The molecule has 0 atom stereocenters. The molecule has 0 unspecified atom stereocenters. The second-order valence-corrected chi connectivity index (χ2v) is 8.16. The highest BCUT2D eigenvalue weighted by Gasteiger charge is 2.06. The molecule has 0 aliphatic heterocycles. The third-order valence-corrected chi connectivity index (χ3v) is 5.01. The number of rotatable bonds is 10. The minimum Gasteiger partial charge on any atom is -0.461 e. The smallest absolute Gasteiger partial charge is 0.306 e. The first kappa shape index (κ1) is 24.8. The van der Waals surface area contributed by atoms with Crippen LogP contribution in [0.3, 0.4) is 0 Å². The first-order chi connectivity index (χ1) is 13.8. The van der Waals surface area contributed by atoms with E-state index in [9.17, 15) is 13.2 Å². The Balaban J connectivity index is 0.000000326. The van der Waals surface area contributed by atoms with Crippen LogP contribution in [0.1, 0.15) is 49.7 Å². The van der Waals surface area contributed by atoms with Gasteiger partial charge >= 0.3 is 5.97 Å². The summed E-state index contributed by atoms with van der Waals surface area (Å²) >= 11 is 0. The zero-order chi connectivity index (χ0) is 21.5. The van der Waals surface area contributed by atoms with Gasteiger partial charge in [-0.1, -0.05) is 67.3 Å². The van der Waals surface area contributed by atoms with Crippen molar-refractivity contribution in [2.75, 3.05) is 6.54 Å². The Morgan fingerprint density at radius 2 is 1.52 bits per heavy atom. The van der Waals surface area contributed by atoms with Gasteiger partial charge in [0.05, 0.1) is 4.90 Å². The van der Waals surface area contributed by atoms with Crippen LogP contribution in [0.5, 0.6) is 0 Å². The highest BCUT2D eigenvalue weighted by atomic mass is 32.2. The maximum absolute atomic E-state index is 11.5. The lowest BCUT2D eigenvalue weighted by Crippen LogP contribution is -2.04. The van der Waals surface area contributed by atoms with E-state index in [1.165, 1.54) is 12.1 Å². The lowest BCUT2D eigenvalue weighted by Gasteiger charge is -2.04. The van der Waals surface area contributed by atoms with Crippen LogP contribution in [-0.4, -0.2) is 25.5 Å². The molecule has 0 saturated carbocycles. The van der Waals surface area contributed by atoms with Crippen molar-refractivity contribution in [3.05, 3.63) is 65.7 Å². The molecule has 3 N–H and O–H groups in total. The molecule has 0 spiro atoms.